The lowest BCUT2D eigenvalue weighted by Gasteiger charge is -2.12. The molecule has 2 N–H and O–H groups in total. The molecule has 0 radical (unpaired) electrons. The van der Waals surface area contributed by atoms with Crippen molar-refractivity contribution in [1.82, 2.24) is 4.98 Å². The highest BCUT2D eigenvalue weighted by molar-refractivity contribution is 8.76. The maximum absolute atomic E-state index is 11.4. The van der Waals surface area contributed by atoms with Crippen LogP contribution in [0.5, 0.6) is 5.75 Å². The van der Waals surface area contributed by atoms with Crippen molar-refractivity contribution < 1.29 is 33.6 Å². The van der Waals surface area contributed by atoms with Crippen LogP contribution in [0.2, 0.25) is 10.0 Å². The monoisotopic (exact) mass is 640 g/mol. The Morgan fingerprint density at radius 3 is 2.22 bits per heavy atom. The highest BCUT2D eigenvalue weighted by atomic mass is 35.5. The molecule has 220 valence electrons. The summed E-state index contributed by atoms with van der Waals surface area (Å²) in [7, 11) is 3.34. The number of carboxylic acid groups (broad SMARTS) is 1. The first kappa shape index (κ1) is 32.9. The number of nitrogens with one attached hydrogen (secondary N) is 1. The lowest BCUT2D eigenvalue weighted by molar-refractivity contribution is 0.00856. The molecule has 3 aromatic rings. The maximum atomic E-state index is 11.4. The maximum Gasteiger partial charge on any atom is 0.337 e. The summed E-state index contributed by atoms with van der Waals surface area (Å²) in [5.41, 5.74) is 1.05. The molecule has 0 bridgehead atoms. The predicted molar refractivity (Wildman–Crippen MR) is 164 cm³/mol. The van der Waals surface area contributed by atoms with Crippen molar-refractivity contribution in [3.63, 3.8) is 0 Å². The second-order valence-corrected chi connectivity index (χ2v) is 11.2. The van der Waals surface area contributed by atoms with E-state index in [0.29, 0.717) is 57.6 Å². The van der Waals surface area contributed by atoms with Gasteiger partial charge in [0.1, 0.15) is 24.2 Å². The van der Waals surface area contributed by atoms with Crippen LogP contribution >= 0.6 is 44.8 Å². The summed E-state index contributed by atoms with van der Waals surface area (Å²) < 4.78 is 27.3. The van der Waals surface area contributed by atoms with E-state index in [1.165, 1.54) is 18.6 Å². The van der Waals surface area contributed by atoms with Gasteiger partial charge in [-0.15, -0.1) is 0 Å². The van der Waals surface area contributed by atoms with Gasteiger partial charge in [0, 0.05) is 17.6 Å². The summed E-state index contributed by atoms with van der Waals surface area (Å²) >= 11 is 12.6. The third kappa shape index (κ3) is 12.8. The SMILES string of the molecule is O=C(O)c1ccccc1Nc1cc(Cl)c(OC=COCCOCCOCCOCCSSc2ccccn2)c(Cl)c1. The van der Waals surface area contributed by atoms with Crippen LogP contribution in [0.1, 0.15) is 10.4 Å². The number of rotatable bonds is 20. The van der Waals surface area contributed by atoms with Gasteiger partial charge in [0.15, 0.2) is 5.75 Å². The van der Waals surface area contributed by atoms with E-state index in [1.54, 1.807) is 58.1 Å². The van der Waals surface area contributed by atoms with Gasteiger partial charge in [-0.1, -0.05) is 52.2 Å². The van der Waals surface area contributed by atoms with Gasteiger partial charge in [-0.2, -0.15) is 0 Å². The second-order valence-electron chi connectivity index (χ2n) is 7.92. The minimum Gasteiger partial charge on any atom is -0.496 e. The van der Waals surface area contributed by atoms with Crippen LogP contribution in [-0.2, 0) is 18.9 Å². The molecule has 9 nitrogen and oxygen atoms in total. The number of benzene rings is 2. The number of carboxylic acids is 1. The van der Waals surface area contributed by atoms with Gasteiger partial charge in [0.2, 0.25) is 0 Å². The smallest absolute Gasteiger partial charge is 0.337 e. The van der Waals surface area contributed by atoms with Crippen molar-refractivity contribution in [2.45, 2.75) is 5.03 Å². The number of anilines is 2. The third-order valence-electron chi connectivity index (χ3n) is 4.96. The molecule has 41 heavy (non-hydrogen) atoms. The van der Waals surface area contributed by atoms with E-state index in [2.05, 4.69) is 10.3 Å². The summed E-state index contributed by atoms with van der Waals surface area (Å²) in [6.45, 7) is 3.33. The van der Waals surface area contributed by atoms with Crippen LogP contribution in [0.4, 0.5) is 11.4 Å². The molecule has 0 fully saturated rings. The molecule has 0 unspecified atom stereocenters. The van der Waals surface area contributed by atoms with E-state index in [4.69, 9.17) is 46.9 Å². The number of aromatic carboxylic acids is 1. The molecular weight excluding hydrogens is 611 g/mol. The Bertz CT molecular complexity index is 1220. The molecule has 0 atom stereocenters. The van der Waals surface area contributed by atoms with Crippen molar-refractivity contribution in [3.05, 3.63) is 88.9 Å². The van der Waals surface area contributed by atoms with Gasteiger partial charge < -0.3 is 34.1 Å². The first-order valence-corrected chi connectivity index (χ1v) is 15.6. The fraction of sp³-hybridized carbons (Fsp3) is 0.286. The molecule has 1 aromatic heterocycles. The fourth-order valence-electron chi connectivity index (χ4n) is 3.12. The van der Waals surface area contributed by atoms with Crippen LogP contribution in [0.3, 0.4) is 0 Å². The summed E-state index contributed by atoms with van der Waals surface area (Å²) in [5.74, 6) is 0.0669. The molecular formula is C28H30Cl2N2O7S2. The first-order valence-electron chi connectivity index (χ1n) is 12.5. The van der Waals surface area contributed by atoms with Crippen molar-refractivity contribution in [2.75, 3.05) is 57.3 Å². The van der Waals surface area contributed by atoms with Gasteiger partial charge in [-0.25, -0.2) is 9.78 Å². The van der Waals surface area contributed by atoms with Crippen LogP contribution in [-0.4, -0.2) is 68.1 Å². The molecule has 0 saturated carbocycles. The number of hydrogen-bond donors (Lipinski definition) is 2. The topological polar surface area (TPSA) is 108 Å². The normalized spacial score (nSPS) is 11.1. The molecule has 0 saturated heterocycles. The van der Waals surface area contributed by atoms with E-state index in [0.717, 1.165) is 10.8 Å². The lowest BCUT2D eigenvalue weighted by Crippen LogP contribution is -2.11. The highest BCUT2D eigenvalue weighted by Gasteiger charge is 2.13. The van der Waals surface area contributed by atoms with Crippen molar-refractivity contribution in [2.24, 2.45) is 0 Å². The summed E-state index contributed by atoms with van der Waals surface area (Å²) in [6, 6.07) is 15.5. The summed E-state index contributed by atoms with van der Waals surface area (Å²) in [4.78, 5) is 15.7. The van der Waals surface area contributed by atoms with Gasteiger partial charge in [-0.3, -0.25) is 0 Å². The molecule has 0 aliphatic rings. The average molecular weight is 642 g/mol. The van der Waals surface area contributed by atoms with E-state index in [1.807, 2.05) is 18.2 Å². The summed E-state index contributed by atoms with van der Waals surface area (Å²) in [5, 5.41) is 13.8. The number of aromatic nitrogens is 1. The number of halogens is 2. The lowest BCUT2D eigenvalue weighted by atomic mass is 10.1. The minimum atomic E-state index is -1.05. The van der Waals surface area contributed by atoms with Gasteiger partial charge >= 0.3 is 5.97 Å². The molecule has 0 spiro atoms. The highest BCUT2D eigenvalue weighted by Crippen LogP contribution is 2.37. The first-order chi connectivity index (χ1) is 20.0. The Balaban J connectivity index is 1.19. The Hall–Kier alpha value is -2.64. The molecule has 0 amide bonds. The molecule has 3 rings (SSSR count). The van der Waals surface area contributed by atoms with Crippen LogP contribution in [0, 0.1) is 0 Å². The van der Waals surface area contributed by atoms with Crippen LogP contribution in [0.15, 0.2) is 78.3 Å². The number of nitrogens with zero attached hydrogens (tertiary/aromatic N) is 1. The van der Waals surface area contributed by atoms with Crippen LogP contribution in [0.25, 0.3) is 0 Å². The van der Waals surface area contributed by atoms with Gasteiger partial charge in [0.25, 0.3) is 0 Å². The Labute approximate surface area is 256 Å². The van der Waals surface area contributed by atoms with E-state index in [-0.39, 0.29) is 21.4 Å². The fourth-order valence-corrected chi connectivity index (χ4v) is 5.44. The number of pyridine rings is 1. The zero-order valence-corrected chi connectivity index (χ0v) is 25.1. The zero-order chi connectivity index (χ0) is 29.1. The number of carbonyl (C=O) groups is 1. The van der Waals surface area contributed by atoms with Crippen LogP contribution < -0.4 is 10.1 Å². The Morgan fingerprint density at radius 1 is 0.878 bits per heavy atom. The molecule has 0 aliphatic carbocycles. The molecule has 1 heterocycles. The average Bonchev–Trinajstić information content (AvgIpc) is 2.96. The number of hydrogen-bond acceptors (Lipinski definition) is 10. The predicted octanol–water partition coefficient (Wildman–Crippen LogP) is 7.19. The van der Waals surface area contributed by atoms with Crippen molar-refractivity contribution in [1.29, 1.82) is 0 Å². The number of ether oxygens (including phenoxy) is 5. The third-order valence-corrected chi connectivity index (χ3v) is 7.75. The van der Waals surface area contributed by atoms with E-state index in [9.17, 15) is 9.90 Å². The quantitative estimate of drug-likeness (QED) is 0.0744. The molecule has 0 aliphatic heterocycles. The second kappa shape index (κ2) is 19.5. The zero-order valence-electron chi connectivity index (χ0n) is 22.0. The standard InChI is InChI=1S/C28H30Cl2N2O7S2/c29-23-19-21(32-25-6-2-1-5-22(25)28(33)34)20-24(30)27(23)39-16-15-37-12-11-35-9-10-36-13-14-38-17-18-40-41-26-7-3-4-8-31-26/h1-8,15-16,19-20,32H,9-14,17-18H2,(H,33,34). The van der Waals surface area contributed by atoms with E-state index < -0.39 is 5.97 Å². The molecule has 2 aromatic carbocycles. The summed E-state index contributed by atoms with van der Waals surface area (Å²) in [6.07, 6.45) is 4.47. The van der Waals surface area contributed by atoms with Gasteiger partial charge in [0.05, 0.1) is 60.9 Å². The van der Waals surface area contributed by atoms with Gasteiger partial charge in [-0.05, 0) is 47.2 Å². The van der Waals surface area contributed by atoms with E-state index >= 15 is 0 Å². The van der Waals surface area contributed by atoms with Crippen molar-refractivity contribution >= 4 is 62.1 Å². The Morgan fingerprint density at radius 2 is 1.54 bits per heavy atom. The largest absolute Gasteiger partial charge is 0.496 e. The Kier molecular flexibility index (Phi) is 15.6. The van der Waals surface area contributed by atoms with Crippen molar-refractivity contribution in [3.8, 4) is 5.75 Å². The number of para-hydroxylation sites is 1. The minimum absolute atomic E-state index is 0.125. The molecule has 13 heteroatoms.